The number of hydrogen-bond acceptors (Lipinski definition) is 3. The van der Waals surface area contributed by atoms with Crippen LogP contribution in [0.25, 0.3) is 0 Å². The summed E-state index contributed by atoms with van der Waals surface area (Å²) in [6, 6.07) is 2.04. The molecule has 2 heterocycles. The van der Waals surface area contributed by atoms with Crippen molar-refractivity contribution in [3.63, 3.8) is 0 Å². The van der Waals surface area contributed by atoms with Crippen LogP contribution < -0.4 is 11.1 Å². The van der Waals surface area contributed by atoms with E-state index in [4.69, 9.17) is 5.73 Å². The van der Waals surface area contributed by atoms with Crippen molar-refractivity contribution in [2.75, 3.05) is 0 Å². The summed E-state index contributed by atoms with van der Waals surface area (Å²) < 4.78 is 0. The van der Waals surface area contributed by atoms with E-state index in [1.807, 2.05) is 18.5 Å². The van der Waals surface area contributed by atoms with Gasteiger partial charge in [-0.2, -0.15) is 0 Å². The summed E-state index contributed by atoms with van der Waals surface area (Å²) >= 11 is 0. The van der Waals surface area contributed by atoms with E-state index in [1.165, 1.54) is 11.1 Å². The Morgan fingerprint density at radius 1 is 1.55 bits per heavy atom. The van der Waals surface area contributed by atoms with Crippen LogP contribution in [0.15, 0.2) is 18.5 Å². The summed E-state index contributed by atoms with van der Waals surface area (Å²) in [4.78, 5) is 4.05. The van der Waals surface area contributed by atoms with Gasteiger partial charge in [0.05, 0.1) is 6.17 Å². The van der Waals surface area contributed by atoms with Crippen LogP contribution in [0.3, 0.4) is 0 Å². The molecule has 0 fully saturated rings. The summed E-state index contributed by atoms with van der Waals surface area (Å²) in [6.07, 6.45) is 4.71. The van der Waals surface area contributed by atoms with Gasteiger partial charge in [-0.15, -0.1) is 0 Å². The second-order valence-corrected chi connectivity index (χ2v) is 2.84. The molecule has 1 aromatic heterocycles. The summed E-state index contributed by atoms with van der Waals surface area (Å²) in [5.41, 5.74) is 8.31. The lowest BCUT2D eigenvalue weighted by atomic mass is 10.0. The first-order chi connectivity index (χ1) is 5.36. The maximum absolute atomic E-state index is 5.71. The molecule has 1 aliphatic heterocycles. The Balaban J connectivity index is 2.34. The van der Waals surface area contributed by atoms with E-state index in [1.54, 1.807) is 0 Å². The van der Waals surface area contributed by atoms with Crippen LogP contribution in [0.5, 0.6) is 0 Å². The fraction of sp³-hybridized carbons (Fsp3) is 0.375. The monoisotopic (exact) mass is 149 g/mol. The second kappa shape index (κ2) is 2.60. The fourth-order valence-corrected chi connectivity index (χ4v) is 1.36. The molecule has 3 heteroatoms. The fourth-order valence-electron chi connectivity index (χ4n) is 1.36. The molecule has 0 saturated heterocycles. The normalized spacial score (nSPS) is 22.8. The standard InChI is InChI=1S/C8H11N3/c9-8-3-7-4-10-2-1-6(7)5-11-8/h1-2,4,8,11H,3,5,9H2. The summed E-state index contributed by atoms with van der Waals surface area (Å²) in [5.74, 6) is 0. The van der Waals surface area contributed by atoms with Gasteiger partial charge in [-0.1, -0.05) is 0 Å². The number of rotatable bonds is 0. The topological polar surface area (TPSA) is 50.9 Å². The first-order valence-corrected chi connectivity index (χ1v) is 3.77. The first kappa shape index (κ1) is 6.76. The molecule has 11 heavy (non-hydrogen) atoms. The maximum Gasteiger partial charge on any atom is 0.0591 e. The Hall–Kier alpha value is -0.930. The highest BCUT2D eigenvalue weighted by molar-refractivity contribution is 5.26. The average molecular weight is 149 g/mol. The molecule has 3 nitrogen and oxygen atoms in total. The van der Waals surface area contributed by atoms with Crippen molar-refractivity contribution in [2.24, 2.45) is 5.73 Å². The van der Waals surface area contributed by atoms with E-state index < -0.39 is 0 Å². The van der Waals surface area contributed by atoms with Gasteiger partial charge in [-0.25, -0.2) is 0 Å². The second-order valence-electron chi connectivity index (χ2n) is 2.84. The lowest BCUT2D eigenvalue weighted by Crippen LogP contribution is -2.42. The Labute approximate surface area is 65.6 Å². The summed E-state index contributed by atoms with van der Waals surface area (Å²) in [5, 5.41) is 3.19. The minimum absolute atomic E-state index is 0.103. The Bertz CT molecular complexity index is 259. The van der Waals surface area contributed by atoms with Crippen LogP contribution in [0.2, 0.25) is 0 Å². The Morgan fingerprint density at radius 3 is 3.36 bits per heavy atom. The maximum atomic E-state index is 5.71. The number of pyridine rings is 1. The van der Waals surface area contributed by atoms with Gasteiger partial charge in [0, 0.05) is 25.4 Å². The smallest absolute Gasteiger partial charge is 0.0591 e. The zero-order valence-corrected chi connectivity index (χ0v) is 6.25. The molecule has 1 unspecified atom stereocenters. The van der Waals surface area contributed by atoms with E-state index >= 15 is 0 Å². The van der Waals surface area contributed by atoms with Crippen molar-refractivity contribution < 1.29 is 0 Å². The molecule has 58 valence electrons. The lowest BCUT2D eigenvalue weighted by Gasteiger charge is -2.21. The molecule has 0 bridgehead atoms. The summed E-state index contributed by atoms with van der Waals surface area (Å²) in [6.45, 7) is 0.874. The zero-order valence-electron chi connectivity index (χ0n) is 6.25. The molecule has 0 aromatic carbocycles. The number of hydrogen-bond donors (Lipinski definition) is 2. The molecule has 3 N–H and O–H groups in total. The SMILES string of the molecule is NC1Cc2cnccc2CN1. The number of fused-ring (bicyclic) bond motifs is 1. The molecule has 0 radical (unpaired) electrons. The highest BCUT2D eigenvalue weighted by atomic mass is 15.0. The van der Waals surface area contributed by atoms with Crippen molar-refractivity contribution in [2.45, 2.75) is 19.1 Å². The van der Waals surface area contributed by atoms with E-state index in [0.717, 1.165) is 13.0 Å². The van der Waals surface area contributed by atoms with Crippen molar-refractivity contribution in [1.29, 1.82) is 0 Å². The highest BCUT2D eigenvalue weighted by Crippen LogP contribution is 2.12. The zero-order chi connectivity index (χ0) is 7.68. The third kappa shape index (κ3) is 1.25. The number of aromatic nitrogens is 1. The molecular formula is C8H11N3. The van der Waals surface area contributed by atoms with E-state index in [9.17, 15) is 0 Å². The van der Waals surface area contributed by atoms with Gasteiger partial charge in [0.1, 0.15) is 0 Å². The molecule has 0 saturated carbocycles. The molecule has 0 amide bonds. The minimum Gasteiger partial charge on any atom is -0.316 e. The lowest BCUT2D eigenvalue weighted by molar-refractivity contribution is 0.493. The molecular weight excluding hydrogens is 138 g/mol. The van der Waals surface area contributed by atoms with Gasteiger partial charge >= 0.3 is 0 Å². The third-order valence-electron chi connectivity index (χ3n) is 2.00. The van der Waals surface area contributed by atoms with Crippen molar-refractivity contribution in [3.05, 3.63) is 29.6 Å². The van der Waals surface area contributed by atoms with Crippen LogP contribution in [-0.2, 0) is 13.0 Å². The van der Waals surface area contributed by atoms with E-state index in [-0.39, 0.29) is 6.17 Å². The van der Waals surface area contributed by atoms with Crippen LogP contribution in [0.4, 0.5) is 0 Å². The van der Waals surface area contributed by atoms with Crippen LogP contribution in [0, 0.1) is 0 Å². The van der Waals surface area contributed by atoms with Gasteiger partial charge < -0.3 is 5.73 Å². The Morgan fingerprint density at radius 2 is 2.45 bits per heavy atom. The number of nitrogens with one attached hydrogen (secondary N) is 1. The van der Waals surface area contributed by atoms with Crippen LogP contribution >= 0.6 is 0 Å². The molecule has 1 atom stereocenters. The van der Waals surface area contributed by atoms with Crippen molar-refractivity contribution >= 4 is 0 Å². The average Bonchev–Trinajstić information content (AvgIpc) is 2.04. The van der Waals surface area contributed by atoms with Crippen LogP contribution in [0.1, 0.15) is 11.1 Å². The molecule has 1 aliphatic rings. The first-order valence-electron chi connectivity index (χ1n) is 3.77. The quantitative estimate of drug-likeness (QED) is 0.546. The highest BCUT2D eigenvalue weighted by Gasteiger charge is 2.13. The van der Waals surface area contributed by atoms with Crippen LogP contribution in [-0.4, -0.2) is 11.1 Å². The molecule has 0 aliphatic carbocycles. The van der Waals surface area contributed by atoms with Gasteiger partial charge in [-0.3, -0.25) is 10.3 Å². The number of nitrogens with zero attached hydrogens (tertiary/aromatic N) is 1. The van der Waals surface area contributed by atoms with Gasteiger partial charge in [0.2, 0.25) is 0 Å². The van der Waals surface area contributed by atoms with Gasteiger partial charge in [0.15, 0.2) is 0 Å². The predicted molar refractivity (Wildman–Crippen MR) is 42.8 cm³/mol. The Kier molecular flexibility index (Phi) is 1.60. The molecule has 1 aromatic rings. The van der Waals surface area contributed by atoms with E-state index in [2.05, 4.69) is 10.3 Å². The third-order valence-corrected chi connectivity index (χ3v) is 2.00. The van der Waals surface area contributed by atoms with E-state index in [0.29, 0.717) is 0 Å². The number of nitrogens with two attached hydrogens (primary N) is 1. The largest absolute Gasteiger partial charge is 0.316 e. The molecule has 2 rings (SSSR count). The summed E-state index contributed by atoms with van der Waals surface area (Å²) in [7, 11) is 0. The van der Waals surface area contributed by atoms with Crippen molar-refractivity contribution in [3.8, 4) is 0 Å². The van der Waals surface area contributed by atoms with Gasteiger partial charge in [0.25, 0.3) is 0 Å². The predicted octanol–water partition coefficient (Wildman–Crippen LogP) is 0.0121. The van der Waals surface area contributed by atoms with Crippen molar-refractivity contribution in [1.82, 2.24) is 10.3 Å². The minimum atomic E-state index is 0.103. The van der Waals surface area contributed by atoms with Gasteiger partial charge in [-0.05, 0) is 17.2 Å². The molecule has 0 spiro atoms.